The van der Waals surface area contributed by atoms with E-state index in [0.29, 0.717) is 37.1 Å². The summed E-state index contributed by atoms with van der Waals surface area (Å²) in [5, 5.41) is 10.2. The third-order valence-electron chi connectivity index (χ3n) is 5.22. The molecule has 1 N–H and O–H groups in total. The summed E-state index contributed by atoms with van der Waals surface area (Å²) in [7, 11) is -3.33. The number of nitrogens with zero attached hydrogens (tertiary/aromatic N) is 3. The second kappa shape index (κ2) is 7.58. The van der Waals surface area contributed by atoms with Crippen molar-refractivity contribution in [3.05, 3.63) is 64.9 Å². The molecule has 4 rings (SSSR count). The van der Waals surface area contributed by atoms with Crippen LogP contribution >= 0.6 is 0 Å². The summed E-state index contributed by atoms with van der Waals surface area (Å²) >= 11 is 0. The predicted octanol–water partition coefficient (Wildman–Crippen LogP) is 2.89. The highest BCUT2D eigenvalue weighted by Crippen LogP contribution is 2.34. The molecule has 2 aromatic heterocycles. The summed E-state index contributed by atoms with van der Waals surface area (Å²) in [6, 6.07) is 12.1. The van der Waals surface area contributed by atoms with Crippen LogP contribution in [0.4, 0.5) is 4.39 Å². The van der Waals surface area contributed by atoms with Crippen molar-refractivity contribution in [2.45, 2.75) is 38.8 Å². The quantitative estimate of drug-likeness (QED) is 0.631. The summed E-state index contributed by atoms with van der Waals surface area (Å²) in [5.41, 5.74) is 4.12. The second-order valence-corrected chi connectivity index (χ2v) is 9.22. The average Bonchev–Trinajstić information content (AvgIpc) is 3.19. The summed E-state index contributed by atoms with van der Waals surface area (Å²) in [6.45, 7) is 2.21. The Kier molecular flexibility index (Phi) is 5.11. The van der Waals surface area contributed by atoms with Gasteiger partial charge >= 0.3 is 0 Å². The number of halogens is 1. The van der Waals surface area contributed by atoms with Crippen LogP contribution < -0.4 is 4.72 Å². The molecule has 0 radical (unpaired) electrons. The molecule has 1 atom stereocenters. The lowest BCUT2D eigenvalue weighted by molar-refractivity contribution is 0.550. The largest absolute Gasteiger partial charge is 0.338 e. The molecule has 3 aromatic rings. The first-order valence-electron chi connectivity index (χ1n) is 9.55. The summed E-state index contributed by atoms with van der Waals surface area (Å²) in [4.78, 5) is 3.97. The number of nitrogens with one attached hydrogen (secondary N) is 1. The van der Waals surface area contributed by atoms with Crippen LogP contribution in [0.3, 0.4) is 0 Å². The summed E-state index contributed by atoms with van der Waals surface area (Å²) in [6.07, 6.45) is 1.67. The van der Waals surface area contributed by atoms with Gasteiger partial charge in [-0.3, -0.25) is 0 Å². The standard InChI is InChI=1S/C21H21FN4O2S/c1-2-8-29(27,28)25-16-10-18-17-9-14(12-23)6-7-19(17)26(20(18)11-16)13-15-4-3-5-21(22)24-15/h3-7,9,16,25H,2,8,10-11,13H2,1H3. The van der Waals surface area contributed by atoms with Crippen LogP contribution in [-0.2, 0) is 29.4 Å². The Hall–Kier alpha value is -2.76. The van der Waals surface area contributed by atoms with E-state index in [0.717, 1.165) is 22.2 Å². The van der Waals surface area contributed by atoms with Gasteiger partial charge in [-0.25, -0.2) is 18.1 Å². The minimum Gasteiger partial charge on any atom is -0.338 e. The van der Waals surface area contributed by atoms with Gasteiger partial charge in [0.2, 0.25) is 16.0 Å². The number of aromatic nitrogens is 2. The van der Waals surface area contributed by atoms with Crippen LogP contribution in [0.5, 0.6) is 0 Å². The highest BCUT2D eigenvalue weighted by molar-refractivity contribution is 7.89. The molecule has 1 aliphatic carbocycles. The number of fused-ring (bicyclic) bond motifs is 3. The molecule has 0 spiro atoms. The fraction of sp³-hybridized carbons (Fsp3) is 0.333. The predicted molar refractivity (Wildman–Crippen MR) is 108 cm³/mol. The van der Waals surface area contributed by atoms with E-state index in [1.165, 1.54) is 6.07 Å². The third kappa shape index (κ3) is 3.88. The maximum absolute atomic E-state index is 13.6. The van der Waals surface area contributed by atoms with Gasteiger partial charge in [0, 0.05) is 29.1 Å². The molecule has 29 heavy (non-hydrogen) atoms. The van der Waals surface area contributed by atoms with E-state index in [-0.39, 0.29) is 11.8 Å². The smallest absolute Gasteiger partial charge is 0.213 e. The lowest BCUT2D eigenvalue weighted by Gasteiger charge is -2.15. The zero-order chi connectivity index (χ0) is 20.6. The van der Waals surface area contributed by atoms with Gasteiger partial charge in [-0.05, 0) is 48.7 Å². The number of hydrogen-bond donors (Lipinski definition) is 1. The minimum absolute atomic E-state index is 0.0975. The van der Waals surface area contributed by atoms with Gasteiger partial charge < -0.3 is 4.57 Å². The molecule has 0 amide bonds. The Morgan fingerprint density at radius 3 is 2.86 bits per heavy atom. The lowest BCUT2D eigenvalue weighted by Crippen LogP contribution is -2.37. The third-order valence-corrected chi connectivity index (χ3v) is 6.86. The van der Waals surface area contributed by atoms with Gasteiger partial charge in [0.25, 0.3) is 0 Å². The van der Waals surface area contributed by atoms with Crippen LogP contribution in [-0.4, -0.2) is 29.8 Å². The van der Waals surface area contributed by atoms with Gasteiger partial charge in [-0.1, -0.05) is 13.0 Å². The van der Waals surface area contributed by atoms with Crippen molar-refractivity contribution in [1.82, 2.24) is 14.3 Å². The van der Waals surface area contributed by atoms with Gasteiger partial charge in [-0.15, -0.1) is 0 Å². The van der Waals surface area contributed by atoms with Crippen molar-refractivity contribution in [3.63, 3.8) is 0 Å². The Morgan fingerprint density at radius 1 is 1.31 bits per heavy atom. The SMILES string of the molecule is CCCS(=O)(=O)NC1Cc2c(n(Cc3cccc(F)n3)c3ccc(C#N)cc23)C1. The first-order chi connectivity index (χ1) is 13.9. The van der Waals surface area contributed by atoms with Crippen molar-refractivity contribution >= 4 is 20.9 Å². The molecular formula is C21H21FN4O2S. The fourth-order valence-electron chi connectivity index (χ4n) is 4.11. The molecule has 150 valence electrons. The molecule has 0 saturated heterocycles. The van der Waals surface area contributed by atoms with Gasteiger partial charge in [-0.2, -0.15) is 9.65 Å². The molecule has 0 fully saturated rings. The van der Waals surface area contributed by atoms with E-state index in [4.69, 9.17) is 0 Å². The molecule has 2 heterocycles. The fourth-order valence-corrected chi connectivity index (χ4v) is 5.44. The van der Waals surface area contributed by atoms with Crippen LogP contribution in [0, 0.1) is 17.3 Å². The highest BCUT2D eigenvalue weighted by Gasteiger charge is 2.31. The number of rotatable bonds is 6. The van der Waals surface area contributed by atoms with Crippen molar-refractivity contribution in [3.8, 4) is 6.07 Å². The molecule has 0 saturated carbocycles. The molecule has 0 aliphatic heterocycles. The Balaban J connectivity index is 1.75. The molecule has 1 aliphatic rings. The van der Waals surface area contributed by atoms with Crippen molar-refractivity contribution in [1.29, 1.82) is 5.26 Å². The molecule has 6 nitrogen and oxygen atoms in total. The van der Waals surface area contributed by atoms with E-state index in [9.17, 15) is 18.1 Å². The molecule has 1 aromatic carbocycles. The van der Waals surface area contributed by atoms with Crippen molar-refractivity contribution < 1.29 is 12.8 Å². The Labute approximate surface area is 169 Å². The maximum Gasteiger partial charge on any atom is 0.213 e. The molecule has 0 bridgehead atoms. The Morgan fingerprint density at radius 2 is 2.14 bits per heavy atom. The van der Waals surface area contributed by atoms with Crippen LogP contribution in [0.25, 0.3) is 10.9 Å². The van der Waals surface area contributed by atoms with E-state index in [1.807, 2.05) is 19.1 Å². The zero-order valence-corrected chi connectivity index (χ0v) is 16.8. The molecule has 1 unspecified atom stereocenters. The van der Waals surface area contributed by atoms with Crippen LogP contribution in [0.15, 0.2) is 36.4 Å². The van der Waals surface area contributed by atoms with Crippen LogP contribution in [0.2, 0.25) is 0 Å². The van der Waals surface area contributed by atoms with E-state index in [1.54, 1.807) is 18.2 Å². The monoisotopic (exact) mass is 412 g/mol. The number of sulfonamides is 1. The highest BCUT2D eigenvalue weighted by atomic mass is 32.2. The number of nitriles is 1. The van der Waals surface area contributed by atoms with E-state index >= 15 is 0 Å². The number of pyridine rings is 1. The Bertz CT molecular complexity index is 1230. The summed E-state index contributed by atoms with van der Waals surface area (Å²) < 4.78 is 42.9. The van der Waals surface area contributed by atoms with Gasteiger partial charge in [0.15, 0.2) is 0 Å². The summed E-state index contributed by atoms with van der Waals surface area (Å²) in [5.74, 6) is -0.437. The molecular weight excluding hydrogens is 391 g/mol. The van der Waals surface area contributed by atoms with Crippen molar-refractivity contribution in [2.75, 3.05) is 5.75 Å². The zero-order valence-electron chi connectivity index (χ0n) is 16.0. The van der Waals surface area contributed by atoms with E-state index < -0.39 is 16.0 Å². The topological polar surface area (TPSA) is 87.8 Å². The van der Waals surface area contributed by atoms with Gasteiger partial charge in [0.1, 0.15) is 0 Å². The minimum atomic E-state index is -3.33. The normalized spacial score (nSPS) is 16.1. The first-order valence-corrected chi connectivity index (χ1v) is 11.2. The first kappa shape index (κ1) is 19.6. The molecule has 8 heteroatoms. The maximum atomic E-state index is 13.6. The number of hydrogen-bond acceptors (Lipinski definition) is 4. The average molecular weight is 412 g/mol. The van der Waals surface area contributed by atoms with Gasteiger partial charge in [0.05, 0.1) is 29.6 Å². The lowest BCUT2D eigenvalue weighted by atomic mass is 10.1. The van der Waals surface area contributed by atoms with Crippen molar-refractivity contribution in [2.24, 2.45) is 0 Å². The van der Waals surface area contributed by atoms with E-state index in [2.05, 4.69) is 20.3 Å². The van der Waals surface area contributed by atoms with Crippen LogP contribution in [0.1, 0.15) is 35.9 Å². The number of benzene rings is 1. The second-order valence-electron chi connectivity index (χ2n) is 7.35.